The first-order valence-electron chi connectivity index (χ1n) is 6.05. The first kappa shape index (κ1) is 13.1. The van der Waals surface area contributed by atoms with Gasteiger partial charge in [-0.25, -0.2) is 9.97 Å². The summed E-state index contributed by atoms with van der Waals surface area (Å²) in [7, 11) is 0. The van der Waals surface area contributed by atoms with Gasteiger partial charge in [-0.05, 0) is 49.0 Å². The van der Waals surface area contributed by atoms with E-state index in [0.717, 1.165) is 23.9 Å². The van der Waals surface area contributed by atoms with Gasteiger partial charge in [0.1, 0.15) is 0 Å². The van der Waals surface area contributed by atoms with E-state index in [1.165, 1.54) is 10.5 Å². The quantitative estimate of drug-likeness (QED) is 0.838. The van der Waals surface area contributed by atoms with Crippen molar-refractivity contribution in [2.75, 3.05) is 6.54 Å². The molecular weight excluding hydrogens is 242 g/mol. The van der Waals surface area contributed by atoms with Gasteiger partial charge in [0, 0.05) is 23.3 Å². The highest BCUT2D eigenvalue weighted by atomic mass is 32.2. The van der Waals surface area contributed by atoms with Crippen molar-refractivity contribution in [1.82, 2.24) is 15.3 Å². The number of aromatic nitrogens is 2. The molecule has 0 bridgehead atoms. The number of nitrogens with one attached hydrogen (secondary N) is 1. The van der Waals surface area contributed by atoms with Crippen molar-refractivity contribution < 1.29 is 0 Å². The molecule has 2 rings (SSSR count). The van der Waals surface area contributed by atoms with Gasteiger partial charge in [0.2, 0.25) is 0 Å². The van der Waals surface area contributed by atoms with Crippen molar-refractivity contribution in [3.8, 4) is 0 Å². The van der Waals surface area contributed by atoms with Gasteiger partial charge in [-0.3, -0.25) is 0 Å². The lowest BCUT2D eigenvalue weighted by Gasteiger charge is -2.04. The van der Waals surface area contributed by atoms with Crippen molar-refractivity contribution >= 4 is 11.8 Å². The van der Waals surface area contributed by atoms with Crippen molar-refractivity contribution in [1.29, 1.82) is 0 Å². The van der Waals surface area contributed by atoms with Gasteiger partial charge in [0.15, 0.2) is 5.16 Å². The molecule has 1 N–H and O–H groups in total. The van der Waals surface area contributed by atoms with Crippen LogP contribution < -0.4 is 5.32 Å². The van der Waals surface area contributed by atoms with Crippen LogP contribution in [-0.2, 0) is 6.54 Å². The van der Waals surface area contributed by atoms with Gasteiger partial charge in [-0.2, -0.15) is 0 Å². The molecule has 0 aliphatic rings. The van der Waals surface area contributed by atoms with Gasteiger partial charge in [0.25, 0.3) is 0 Å². The van der Waals surface area contributed by atoms with Crippen LogP contribution in [0.1, 0.15) is 18.2 Å². The van der Waals surface area contributed by atoms with Crippen LogP contribution in [0.5, 0.6) is 0 Å². The fourth-order valence-electron chi connectivity index (χ4n) is 1.53. The Balaban J connectivity index is 2.02. The van der Waals surface area contributed by atoms with E-state index in [2.05, 4.69) is 46.5 Å². The van der Waals surface area contributed by atoms with E-state index >= 15 is 0 Å². The summed E-state index contributed by atoms with van der Waals surface area (Å²) in [6.07, 6.45) is 1.80. The molecule has 0 atom stereocenters. The summed E-state index contributed by atoms with van der Waals surface area (Å²) >= 11 is 1.59. The second kappa shape index (κ2) is 6.52. The molecule has 4 heteroatoms. The highest BCUT2D eigenvalue weighted by molar-refractivity contribution is 7.99. The van der Waals surface area contributed by atoms with Crippen LogP contribution in [0, 0.1) is 6.92 Å². The molecule has 94 valence electrons. The molecule has 1 heterocycles. The van der Waals surface area contributed by atoms with Crippen LogP contribution in [0.2, 0.25) is 0 Å². The minimum absolute atomic E-state index is 0.800. The lowest BCUT2D eigenvalue weighted by atomic mass is 10.2. The fourth-order valence-corrected chi connectivity index (χ4v) is 2.31. The zero-order chi connectivity index (χ0) is 12.8. The van der Waals surface area contributed by atoms with E-state index in [1.807, 2.05) is 13.0 Å². The summed E-state index contributed by atoms with van der Waals surface area (Å²) in [6, 6.07) is 10.4. The number of benzene rings is 1. The summed E-state index contributed by atoms with van der Waals surface area (Å²) in [5.41, 5.74) is 2.29. The number of hydrogen-bond acceptors (Lipinski definition) is 4. The molecule has 18 heavy (non-hydrogen) atoms. The van der Waals surface area contributed by atoms with Crippen LogP contribution in [0.4, 0.5) is 0 Å². The lowest BCUT2D eigenvalue weighted by Crippen LogP contribution is -2.11. The Morgan fingerprint density at radius 3 is 2.61 bits per heavy atom. The van der Waals surface area contributed by atoms with E-state index in [1.54, 1.807) is 18.0 Å². The predicted molar refractivity (Wildman–Crippen MR) is 74.7 cm³/mol. The molecule has 0 saturated carbocycles. The highest BCUT2D eigenvalue weighted by Crippen LogP contribution is 2.24. The molecule has 0 fully saturated rings. The predicted octanol–water partition coefficient (Wildman–Crippen LogP) is 3.05. The third kappa shape index (κ3) is 3.82. The monoisotopic (exact) mass is 259 g/mol. The molecular formula is C14H17N3S. The Kier molecular flexibility index (Phi) is 4.73. The van der Waals surface area contributed by atoms with Gasteiger partial charge in [-0.15, -0.1) is 0 Å². The van der Waals surface area contributed by atoms with Gasteiger partial charge in [-0.1, -0.05) is 19.1 Å². The van der Waals surface area contributed by atoms with Crippen LogP contribution in [0.3, 0.4) is 0 Å². The Hall–Kier alpha value is -1.39. The van der Waals surface area contributed by atoms with Gasteiger partial charge >= 0.3 is 0 Å². The second-order valence-electron chi connectivity index (χ2n) is 4.01. The Morgan fingerprint density at radius 1 is 1.17 bits per heavy atom. The fraction of sp³-hybridized carbons (Fsp3) is 0.286. The molecule has 3 nitrogen and oxygen atoms in total. The first-order chi connectivity index (χ1) is 8.78. The van der Waals surface area contributed by atoms with Crippen molar-refractivity contribution in [2.24, 2.45) is 0 Å². The molecule has 0 aliphatic carbocycles. The van der Waals surface area contributed by atoms with E-state index in [4.69, 9.17) is 0 Å². The normalized spacial score (nSPS) is 10.6. The summed E-state index contributed by atoms with van der Waals surface area (Å²) in [5.74, 6) is 0. The van der Waals surface area contributed by atoms with Crippen molar-refractivity contribution in [3.05, 3.63) is 47.8 Å². The molecule has 0 aliphatic heterocycles. The zero-order valence-electron chi connectivity index (χ0n) is 10.7. The minimum atomic E-state index is 0.800. The minimum Gasteiger partial charge on any atom is -0.313 e. The smallest absolute Gasteiger partial charge is 0.192 e. The Bertz CT molecular complexity index is 497. The van der Waals surface area contributed by atoms with Gasteiger partial charge < -0.3 is 5.32 Å². The molecule has 0 unspecified atom stereocenters. The maximum absolute atomic E-state index is 4.38. The zero-order valence-corrected chi connectivity index (χ0v) is 11.5. The summed E-state index contributed by atoms with van der Waals surface area (Å²) in [4.78, 5) is 9.79. The first-order valence-corrected chi connectivity index (χ1v) is 6.86. The Morgan fingerprint density at radius 2 is 1.94 bits per heavy atom. The molecule has 0 saturated heterocycles. The third-order valence-electron chi connectivity index (χ3n) is 2.48. The molecule has 2 aromatic rings. The van der Waals surface area contributed by atoms with E-state index < -0.39 is 0 Å². The number of aryl methyl sites for hydroxylation is 1. The maximum Gasteiger partial charge on any atom is 0.192 e. The average Bonchev–Trinajstić information content (AvgIpc) is 2.38. The van der Waals surface area contributed by atoms with Crippen LogP contribution in [0.25, 0.3) is 0 Å². The number of hydrogen-bond donors (Lipinski definition) is 1. The van der Waals surface area contributed by atoms with Gasteiger partial charge in [0.05, 0.1) is 0 Å². The highest BCUT2D eigenvalue weighted by Gasteiger charge is 2.00. The molecule has 1 aromatic heterocycles. The lowest BCUT2D eigenvalue weighted by molar-refractivity contribution is 0.726. The third-order valence-corrected chi connectivity index (χ3v) is 3.37. The van der Waals surface area contributed by atoms with Crippen LogP contribution in [-0.4, -0.2) is 16.5 Å². The topological polar surface area (TPSA) is 37.8 Å². The van der Waals surface area contributed by atoms with Crippen LogP contribution >= 0.6 is 11.8 Å². The molecule has 0 spiro atoms. The van der Waals surface area contributed by atoms with E-state index in [9.17, 15) is 0 Å². The second-order valence-corrected chi connectivity index (χ2v) is 5.05. The van der Waals surface area contributed by atoms with Crippen molar-refractivity contribution in [3.63, 3.8) is 0 Å². The van der Waals surface area contributed by atoms with E-state index in [-0.39, 0.29) is 0 Å². The summed E-state index contributed by atoms with van der Waals surface area (Å²) in [6.45, 7) is 6.00. The standard InChI is InChI=1S/C14H17N3S/c1-3-15-10-12-4-6-13(7-5-12)18-14-16-9-8-11(2)17-14/h4-9,15H,3,10H2,1-2H3. The maximum atomic E-state index is 4.38. The number of nitrogens with zero attached hydrogens (tertiary/aromatic N) is 2. The van der Waals surface area contributed by atoms with Crippen molar-refractivity contribution in [2.45, 2.75) is 30.4 Å². The summed E-state index contributed by atoms with van der Waals surface area (Å²) in [5, 5.41) is 4.11. The number of rotatable bonds is 5. The molecule has 0 amide bonds. The largest absolute Gasteiger partial charge is 0.313 e. The SMILES string of the molecule is CCNCc1ccc(Sc2nccc(C)n2)cc1. The molecule has 1 aromatic carbocycles. The van der Waals surface area contributed by atoms with E-state index in [0.29, 0.717) is 0 Å². The average molecular weight is 259 g/mol. The Labute approximate surface area is 112 Å². The van der Waals surface area contributed by atoms with Crippen LogP contribution in [0.15, 0.2) is 46.6 Å². The summed E-state index contributed by atoms with van der Waals surface area (Å²) < 4.78 is 0. The molecule has 0 radical (unpaired) electrons.